The van der Waals surface area contributed by atoms with Gasteiger partial charge in [0.2, 0.25) is 0 Å². The van der Waals surface area contributed by atoms with Crippen LogP contribution in [-0.4, -0.2) is 4.90 Å². The van der Waals surface area contributed by atoms with Crippen molar-refractivity contribution in [3.63, 3.8) is 0 Å². The van der Waals surface area contributed by atoms with Crippen molar-refractivity contribution < 1.29 is 0 Å². The van der Waals surface area contributed by atoms with Crippen molar-refractivity contribution in [3.05, 3.63) is 121 Å². The predicted octanol–water partition coefficient (Wildman–Crippen LogP) is 8.04. The fourth-order valence-electron chi connectivity index (χ4n) is 5.78. The molecule has 0 fully saturated rings. The van der Waals surface area contributed by atoms with E-state index >= 15 is 0 Å². The smallest absolute Gasteiger partial charge is 0.0317 e. The lowest BCUT2D eigenvalue weighted by Gasteiger charge is -2.55. The van der Waals surface area contributed by atoms with E-state index in [1.165, 1.54) is 34.1 Å². The van der Waals surface area contributed by atoms with E-state index in [9.17, 15) is 0 Å². The molecule has 0 N–H and O–H groups in total. The van der Waals surface area contributed by atoms with Gasteiger partial charge in [-0.3, -0.25) is 0 Å². The number of rotatable bonds is 10. The molecule has 180 valence electrons. The molecular weight excluding hydrogens is 458 g/mol. The van der Waals surface area contributed by atoms with Crippen LogP contribution in [0.1, 0.15) is 40.5 Å². The Kier molecular flexibility index (Phi) is 8.94. The summed E-state index contributed by atoms with van der Waals surface area (Å²) in [7, 11) is -1.29. The summed E-state index contributed by atoms with van der Waals surface area (Å²) in [5.41, 5.74) is 0. The summed E-state index contributed by atoms with van der Waals surface area (Å²) >= 11 is 0. The molecule has 0 nitrogen and oxygen atoms in total. The van der Waals surface area contributed by atoms with Gasteiger partial charge in [0, 0.05) is 4.90 Å². The molecule has 0 aliphatic rings. The lowest BCUT2D eigenvalue weighted by Crippen LogP contribution is -2.48. The van der Waals surface area contributed by atoms with Crippen LogP contribution in [-0.2, 0) is 0 Å². The monoisotopic (exact) mass is 496 g/mol. The minimum Gasteiger partial charge on any atom is -0.0651 e. The van der Waals surface area contributed by atoms with Crippen LogP contribution in [0.5, 0.6) is 0 Å². The van der Waals surface area contributed by atoms with E-state index in [4.69, 9.17) is 0 Å². The first-order valence-electron chi connectivity index (χ1n) is 12.9. The molecule has 0 radical (unpaired) electrons. The topological polar surface area (TPSA) is 0 Å². The molecule has 0 aromatic heterocycles. The zero-order valence-corrected chi connectivity index (χ0v) is 23.3. The molecule has 0 spiro atoms. The Morgan fingerprint density at radius 3 is 0.943 bits per heavy atom. The van der Waals surface area contributed by atoms with Crippen molar-refractivity contribution in [2.24, 2.45) is 11.8 Å². The summed E-state index contributed by atoms with van der Waals surface area (Å²) in [5.74, 6) is 1.10. The number of hydrogen-bond donors (Lipinski definition) is 0. The van der Waals surface area contributed by atoms with Gasteiger partial charge in [-0.05, 0) is 48.9 Å². The molecule has 0 bridgehead atoms. The minimum absolute atomic E-state index is 0.0968. The third kappa shape index (κ3) is 5.16. The van der Waals surface area contributed by atoms with Crippen LogP contribution < -0.4 is 21.2 Å². The van der Waals surface area contributed by atoms with E-state index in [-0.39, 0.29) is 4.90 Å². The fourth-order valence-corrected chi connectivity index (χ4v) is 14.6. The number of hydrogen-bond acceptors (Lipinski definition) is 0. The summed E-state index contributed by atoms with van der Waals surface area (Å²) in [4.78, 5) is 0.0968. The van der Waals surface area contributed by atoms with Crippen molar-refractivity contribution in [2.45, 2.75) is 45.4 Å². The van der Waals surface area contributed by atoms with Crippen molar-refractivity contribution in [1.82, 2.24) is 0 Å². The standard InChI is InChI=1S/C33H38P2/c1-5-28(6-2)33(27(3)4,34(29-19-11-7-12-20-29)30-21-13-8-14-22-30)35(31-23-15-9-16-24-31)32-25-17-10-18-26-32/h7-28H,5-6H2,1-4H3. The Morgan fingerprint density at radius 2 is 0.743 bits per heavy atom. The normalized spacial score (nSPS) is 12.1. The summed E-state index contributed by atoms with van der Waals surface area (Å²) in [5, 5.41) is 5.98. The molecule has 4 rings (SSSR count). The first-order chi connectivity index (χ1) is 17.1. The molecule has 35 heavy (non-hydrogen) atoms. The van der Waals surface area contributed by atoms with Crippen LogP contribution in [0.4, 0.5) is 0 Å². The van der Waals surface area contributed by atoms with Gasteiger partial charge in [-0.25, -0.2) is 0 Å². The Labute approximate surface area is 215 Å². The van der Waals surface area contributed by atoms with Crippen molar-refractivity contribution in [2.75, 3.05) is 0 Å². The van der Waals surface area contributed by atoms with E-state index in [0.29, 0.717) is 11.8 Å². The third-order valence-electron chi connectivity index (χ3n) is 7.21. The zero-order valence-electron chi connectivity index (χ0n) is 21.5. The van der Waals surface area contributed by atoms with E-state index < -0.39 is 15.8 Å². The van der Waals surface area contributed by atoms with Crippen LogP contribution in [0.2, 0.25) is 0 Å². The van der Waals surface area contributed by atoms with Crippen LogP contribution in [0.3, 0.4) is 0 Å². The molecule has 0 heterocycles. The molecule has 2 heteroatoms. The second kappa shape index (κ2) is 12.1. The van der Waals surface area contributed by atoms with Crippen LogP contribution in [0.25, 0.3) is 0 Å². The highest BCUT2D eigenvalue weighted by Crippen LogP contribution is 2.72. The molecule has 0 aliphatic carbocycles. The maximum absolute atomic E-state index is 2.50. The fraction of sp³-hybridized carbons (Fsp3) is 0.273. The van der Waals surface area contributed by atoms with Gasteiger partial charge < -0.3 is 0 Å². The van der Waals surface area contributed by atoms with Gasteiger partial charge in [-0.2, -0.15) is 0 Å². The highest BCUT2D eigenvalue weighted by atomic mass is 31.2. The van der Waals surface area contributed by atoms with E-state index in [1.807, 2.05) is 0 Å². The summed E-state index contributed by atoms with van der Waals surface area (Å²) < 4.78 is 0. The van der Waals surface area contributed by atoms with Crippen molar-refractivity contribution >= 4 is 37.1 Å². The highest BCUT2D eigenvalue weighted by Gasteiger charge is 2.53. The largest absolute Gasteiger partial charge is 0.0651 e. The second-order valence-corrected chi connectivity index (χ2v) is 14.7. The Hall–Kier alpha value is -2.26. The molecule has 0 amide bonds. The Morgan fingerprint density at radius 1 is 0.486 bits per heavy atom. The Bertz CT molecular complexity index is 975. The van der Waals surface area contributed by atoms with Crippen LogP contribution >= 0.6 is 15.8 Å². The molecular formula is C33H38P2. The summed E-state index contributed by atoms with van der Waals surface area (Å²) in [6.45, 7) is 9.83. The molecule has 0 saturated heterocycles. The second-order valence-electron chi connectivity index (χ2n) is 9.46. The average Bonchev–Trinajstić information content (AvgIpc) is 2.91. The van der Waals surface area contributed by atoms with E-state index in [2.05, 4.69) is 149 Å². The van der Waals surface area contributed by atoms with Gasteiger partial charge in [0.25, 0.3) is 0 Å². The van der Waals surface area contributed by atoms with E-state index in [0.717, 1.165) is 0 Å². The first-order valence-corrected chi connectivity index (χ1v) is 15.6. The highest BCUT2D eigenvalue weighted by molar-refractivity contribution is 7.91. The summed E-state index contributed by atoms with van der Waals surface area (Å²) in [6.07, 6.45) is 2.37. The van der Waals surface area contributed by atoms with E-state index in [1.54, 1.807) is 0 Å². The Balaban J connectivity index is 2.13. The lowest BCUT2D eigenvalue weighted by molar-refractivity contribution is 0.366. The number of benzene rings is 4. The van der Waals surface area contributed by atoms with Gasteiger partial charge in [0.1, 0.15) is 0 Å². The maximum Gasteiger partial charge on any atom is 0.0317 e. The van der Waals surface area contributed by atoms with Gasteiger partial charge in [-0.15, -0.1) is 0 Å². The molecule has 0 atom stereocenters. The average molecular weight is 497 g/mol. The quantitative estimate of drug-likeness (QED) is 0.195. The zero-order chi connectivity index (χ0) is 24.7. The third-order valence-corrected chi connectivity index (χ3v) is 14.9. The molecule has 0 aliphatic heterocycles. The molecule has 0 saturated carbocycles. The van der Waals surface area contributed by atoms with Crippen LogP contribution in [0, 0.1) is 11.8 Å². The van der Waals surface area contributed by atoms with Gasteiger partial charge >= 0.3 is 0 Å². The van der Waals surface area contributed by atoms with Gasteiger partial charge in [-0.1, -0.05) is 162 Å². The molecule has 4 aromatic rings. The van der Waals surface area contributed by atoms with Gasteiger partial charge in [0.05, 0.1) is 0 Å². The van der Waals surface area contributed by atoms with Crippen molar-refractivity contribution in [3.8, 4) is 0 Å². The van der Waals surface area contributed by atoms with Crippen LogP contribution in [0.15, 0.2) is 121 Å². The minimum atomic E-state index is -0.647. The first kappa shape index (κ1) is 25.8. The lowest BCUT2D eigenvalue weighted by atomic mass is 9.91. The summed E-state index contributed by atoms with van der Waals surface area (Å²) in [6, 6.07) is 45.6. The molecule has 0 unspecified atom stereocenters. The maximum atomic E-state index is 2.50. The van der Waals surface area contributed by atoms with Crippen molar-refractivity contribution in [1.29, 1.82) is 0 Å². The predicted molar refractivity (Wildman–Crippen MR) is 160 cm³/mol. The SMILES string of the molecule is CCC(CC)C(C(C)C)(P(c1ccccc1)c1ccccc1)P(c1ccccc1)c1ccccc1. The van der Waals surface area contributed by atoms with Gasteiger partial charge in [0.15, 0.2) is 0 Å². The molecule has 4 aromatic carbocycles.